The van der Waals surface area contributed by atoms with E-state index >= 15 is 0 Å². The number of fused-ring (bicyclic) bond motifs is 4. The normalized spacial score (nSPS) is 24.0. The molecular weight excluding hydrogens is 478 g/mol. The number of hydrogen-bond donors (Lipinski definition) is 1. The van der Waals surface area contributed by atoms with Crippen molar-refractivity contribution in [3.05, 3.63) is 93.4 Å². The van der Waals surface area contributed by atoms with Gasteiger partial charge in [0.1, 0.15) is 18.5 Å². The molecule has 0 radical (unpaired) electrons. The van der Waals surface area contributed by atoms with Gasteiger partial charge in [-0.05, 0) is 64.8 Å². The molecule has 2 aliphatic carbocycles. The van der Waals surface area contributed by atoms with Crippen molar-refractivity contribution in [1.82, 2.24) is 4.98 Å². The van der Waals surface area contributed by atoms with Crippen LogP contribution in [0.2, 0.25) is 0 Å². The molecule has 1 aromatic heterocycles. The van der Waals surface area contributed by atoms with Crippen molar-refractivity contribution in [2.24, 2.45) is 11.8 Å². The summed E-state index contributed by atoms with van der Waals surface area (Å²) < 4.78 is 67.3. The second-order valence-electron chi connectivity index (χ2n) is 9.50. The van der Waals surface area contributed by atoms with Crippen molar-refractivity contribution in [2.75, 3.05) is 6.61 Å². The van der Waals surface area contributed by atoms with Gasteiger partial charge in [0.05, 0.1) is 18.1 Å². The number of carboxylic acid groups (broad SMARTS) is 1. The largest absolute Gasteiger partial charge is 0.481 e. The van der Waals surface area contributed by atoms with Gasteiger partial charge in [0.15, 0.2) is 0 Å². The summed E-state index contributed by atoms with van der Waals surface area (Å²) in [7, 11) is 0. The van der Waals surface area contributed by atoms with Gasteiger partial charge in [-0.25, -0.2) is 9.37 Å². The van der Waals surface area contributed by atoms with E-state index in [0.29, 0.717) is 24.0 Å². The van der Waals surface area contributed by atoms with E-state index in [1.165, 1.54) is 30.3 Å². The Labute approximate surface area is 203 Å². The van der Waals surface area contributed by atoms with E-state index in [0.717, 1.165) is 17.2 Å². The Balaban J connectivity index is 1.25. The van der Waals surface area contributed by atoms with Crippen LogP contribution in [0.1, 0.15) is 51.0 Å². The smallest absolute Gasteiger partial charge is 0.416 e. The van der Waals surface area contributed by atoms with E-state index in [9.17, 15) is 27.5 Å². The highest BCUT2D eigenvalue weighted by molar-refractivity contribution is 5.77. The Morgan fingerprint density at radius 1 is 1.11 bits per heavy atom. The van der Waals surface area contributed by atoms with Gasteiger partial charge in [0, 0.05) is 23.7 Å². The predicted octanol–water partition coefficient (Wildman–Crippen LogP) is 5.45. The summed E-state index contributed by atoms with van der Waals surface area (Å²) in [6.07, 6.45) is -2.86. The van der Waals surface area contributed by atoms with Gasteiger partial charge < -0.3 is 14.6 Å². The lowest BCUT2D eigenvalue weighted by molar-refractivity contribution is -0.140. The molecule has 3 aromatic rings. The summed E-state index contributed by atoms with van der Waals surface area (Å²) in [6, 6.07) is 9.87. The zero-order valence-electron chi connectivity index (χ0n) is 18.9. The lowest BCUT2D eigenvalue weighted by atomic mass is 9.89. The van der Waals surface area contributed by atoms with Crippen LogP contribution in [-0.4, -0.2) is 22.7 Å². The molecule has 1 saturated carbocycles. The number of benzene rings is 2. The quantitative estimate of drug-likeness (QED) is 0.473. The molecule has 2 heterocycles. The number of halogens is 4. The molecular formula is C27H21F4NO4. The number of aliphatic carboxylic acids is 1. The molecule has 4 unspecified atom stereocenters. The molecule has 5 nitrogen and oxygen atoms in total. The average Bonchev–Trinajstić information content (AvgIpc) is 3.44. The van der Waals surface area contributed by atoms with Crippen LogP contribution in [0.25, 0.3) is 0 Å². The highest BCUT2D eigenvalue weighted by Gasteiger charge is 2.60. The van der Waals surface area contributed by atoms with Gasteiger partial charge in [0.2, 0.25) is 5.88 Å². The van der Waals surface area contributed by atoms with Gasteiger partial charge >= 0.3 is 12.1 Å². The molecule has 0 saturated heterocycles. The molecule has 4 atom stereocenters. The van der Waals surface area contributed by atoms with Crippen molar-refractivity contribution < 1.29 is 36.9 Å². The average molecular weight is 499 g/mol. The standard InChI is InChI=1S/C27H21F4NO4/c28-21-9-13-5-6-35-25(16-3-1-2-4-20(16)27(29,30)31)17(13)8-15(21)12-36-22-10-14-7-18-23(19(14)11-32-22)24(18)26(33)34/h1-4,8-11,18,23-25H,5-7,12H2,(H,33,34). The molecule has 1 fully saturated rings. The summed E-state index contributed by atoms with van der Waals surface area (Å²) in [4.78, 5) is 15.5. The lowest BCUT2D eigenvalue weighted by Gasteiger charge is -2.29. The monoisotopic (exact) mass is 499 g/mol. The summed E-state index contributed by atoms with van der Waals surface area (Å²) in [5.41, 5.74) is 2.38. The topological polar surface area (TPSA) is 68.7 Å². The van der Waals surface area contributed by atoms with Crippen molar-refractivity contribution in [3.63, 3.8) is 0 Å². The first kappa shape index (κ1) is 23.0. The van der Waals surface area contributed by atoms with Crippen LogP contribution < -0.4 is 4.74 Å². The molecule has 2 aromatic carbocycles. The maximum Gasteiger partial charge on any atom is 0.416 e. The zero-order valence-corrected chi connectivity index (χ0v) is 18.9. The minimum Gasteiger partial charge on any atom is -0.481 e. The van der Waals surface area contributed by atoms with Gasteiger partial charge in [-0.15, -0.1) is 0 Å². The highest BCUT2D eigenvalue weighted by Crippen LogP contribution is 2.61. The van der Waals surface area contributed by atoms with E-state index in [1.54, 1.807) is 12.3 Å². The van der Waals surface area contributed by atoms with Gasteiger partial charge in [-0.1, -0.05) is 18.2 Å². The number of alkyl halides is 3. The van der Waals surface area contributed by atoms with E-state index in [1.807, 2.05) is 0 Å². The van der Waals surface area contributed by atoms with E-state index in [2.05, 4.69) is 4.98 Å². The van der Waals surface area contributed by atoms with Crippen molar-refractivity contribution in [1.29, 1.82) is 0 Å². The number of carboxylic acids is 1. The van der Waals surface area contributed by atoms with E-state index in [4.69, 9.17) is 9.47 Å². The minimum absolute atomic E-state index is 0.00588. The fraction of sp³-hybridized carbons (Fsp3) is 0.333. The summed E-state index contributed by atoms with van der Waals surface area (Å²) in [5, 5.41) is 9.26. The number of nitrogens with zero attached hydrogens (tertiary/aromatic N) is 1. The molecule has 6 rings (SSSR count). The Kier molecular flexibility index (Phi) is 5.29. The third-order valence-electron chi connectivity index (χ3n) is 7.44. The zero-order chi connectivity index (χ0) is 25.2. The summed E-state index contributed by atoms with van der Waals surface area (Å²) in [5.74, 6) is -1.29. The minimum atomic E-state index is -4.55. The molecule has 0 bridgehead atoms. The maximum absolute atomic E-state index is 14.9. The molecule has 0 spiro atoms. The number of aromatic nitrogens is 1. The number of carbonyl (C=O) groups is 1. The van der Waals surface area contributed by atoms with Crippen LogP contribution >= 0.6 is 0 Å². The Morgan fingerprint density at radius 3 is 2.69 bits per heavy atom. The molecule has 3 aliphatic rings. The second kappa shape index (κ2) is 8.30. The van der Waals surface area contributed by atoms with Gasteiger partial charge in [0.25, 0.3) is 0 Å². The van der Waals surface area contributed by atoms with Crippen LogP contribution in [0.3, 0.4) is 0 Å². The molecule has 186 valence electrons. The van der Waals surface area contributed by atoms with Crippen molar-refractivity contribution in [2.45, 2.75) is 37.6 Å². The fourth-order valence-electron chi connectivity index (χ4n) is 5.70. The Hall–Kier alpha value is -3.46. The molecule has 36 heavy (non-hydrogen) atoms. The third kappa shape index (κ3) is 3.82. The molecule has 1 aliphatic heterocycles. The van der Waals surface area contributed by atoms with Crippen LogP contribution in [0, 0.1) is 17.7 Å². The van der Waals surface area contributed by atoms with E-state index in [-0.39, 0.29) is 48.0 Å². The summed E-state index contributed by atoms with van der Waals surface area (Å²) in [6.45, 7) is 0.0199. The molecule has 9 heteroatoms. The lowest BCUT2D eigenvalue weighted by Crippen LogP contribution is -2.21. The van der Waals surface area contributed by atoms with Gasteiger partial charge in [-0.3, -0.25) is 4.79 Å². The first-order valence-corrected chi connectivity index (χ1v) is 11.7. The third-order valence-corrected chi connectivity index (χ3v) is 7.44. The van der Waals surface area contributed by atoms with Crippen molar-refractivity contribution >= 4 is 5.97 Å². The Bertz CT molecular complexity index is 1370. The SMILES string of the molecule is O=C(O)C1C2Cc3cc(OCc4cc5c(cc4F)CCOC5c4ccccc4C(F)(F)F)ncc3C21. The van der Waals surface area contributed by atoms with E-state index < -0.39 is 29.6 Å². The fourth-order valence-corrected chi connectivity index (χ4v) is 5.70. The highest BCUT2D eigenvalue weighted by atomic mass is 19.4. The molecule has 0 amide bonds. The number of hydrogen-bond acceptors (Lipinski definition) is 4. The van der Waals surface area contributed by atoms with Crippen LogP contribution in [-0.2, 0) is 35.2 Å². The van der Waals surface area contributed by atoms with Crippen molar-refractivity contribution in [3.8, 4) is 5.88 Å². The van der Waals surface area contributed by atoms with Crippen LogP contribution in [0.15, 0.2) is 48.7 Å². The molecule has 1 N–H and O–H groups in total. The first-order valence-electron chi connectivity index (χ1n) is 11.7. The maximum atomic E-state index is 14.9. The summed E-state index contributed by atoms with van der Waals surface area (Å²) >= 11 is 0. The van der Waals surface area contributed by atoms with Crippen LogP contribution in [0.4, 0.5) is 17.6 Å². The van der Waals surface area contributed by atoms with Crippen LogP contribution in [0.5, 0.6) is 5.88 Å². The van der Waals surface area contributed by atoms with Gasteiger partial charge in [-0.2, -0.15) is 13.2 Å². The Morgan fingerprint density at radius 2 is 1.92 bits per heavy atom. The first-order chi connectivity index (χ1) is 17.2. The predicted molar refractivity (Wildman–Crippen MR) is 119 cm³/mol. The number of ether oxygens (including phenoxy) is 2. The number of rotatable bonds is 5. The second-order valence-corrected chi connectivity index (χ2v) is 9.50. The number of pyridine rings is 1.